The number of benzene rings is 1. The maximum absolute atomic E-state index is 9.66. The first-order valence-corrected chi connectivity index (χ1v) is 6.32. The van der Waals surface area contributed by atoms with Crippen molar-refractivity contribution in [2.24, 2.45) is 0 Å². The zero-order valence-corrected chi connectivity index (χ0v) is 11.7. The smallest absolute Gasteiger partial charge is 0.0945 e. The molecule has 2 N–H and O–H groups in total. The van der Waals surface area contributed by atoms with E-state index >= 15 is 0 Å². The van der Waals surface area contributed by atoms with E-state index in [9.17, 15) is 5.11 Å². The van der Waals surface area contributed by atoms with Gasteiger partial charge in [-0.1, -0.05) is 23.2 Å². The lowest BCUT2D eigenvalue weighted by Gasteiger charge is -2.14. The van der Waals surface area contributed by atoms with Crippen LogP contribution in [0.15, 0.2) is 18.2 Å². The lowest BCUT2D eigenvalue weighted by molar-refractivity contribution is 0.0182. The Balaban J connectivity index is 2.27. The van der Waals surface area contributed by atoms with Crippen LogP contribution in [0, 0.1) is 0 Å². The van der Waals surface area contributed by atoms with Gasteiger partial charge in [0.25, 0.3) is 0 Å². The molecule has 1 rings (SSSR count). The standard InChI is InChI=1S/C12H17Cl2NO3/c1-17-4-5-18-8-10(16)7-15-12-3-2-9(13)6-11(12)14/h2-3,6,10,15-16H,4-5,7-8H2,1H3. The average Bonchev–Trinajstić information content (AvgIpc) is 2.33. The van der Waals surface area contributed by atoms with E-state index in [-0.39, 0.29) is 6.61 Å². The molecular formula is C12H17Cl2NO3. The highest BCUT2D eigenvalue weighted by Crippen LogP contribution is 2.25. The maximum atomic E-state index is 9.66. The van der Waals surface area contributed by atoms with Crippen LogP contribution in [0.2, 0.25) is 10.0 Å². The van der Waals surface area contributed by atoms with Crippen LogP contribution in [0.4, 0.5) is 5.69 Å². The van der Waals surface area contributed by atoms with Gasteiger partial charge in [-0.25, -0.2) is 0 Å². The van der Waals surface area contributed by atoms with E-state index in [4.69, 9.17) is 32.7 Å². The molecule has 0 heterocycles. The lowest BCUT2D eigenvalue weighted by Crippen LogP contribution is -2.25. The Kier molecular flexibility index (Phi) is 7.39. The summed E-state index contributed by atoms with van der Waals surface area (Å²) >= 11 is 11.8. The minimum Gasteiger partial charge on any atom is -0.389 e. The van der Waals surface area contributed by atoms with Gasteiger partial charge in [0.2, 0.25) is 0 Å². The number of hydrogen-bond donors (Lipinski definition) is 2. The van der Waals surface area contributed by atoms with Gasteiger partial charge in [-0.2, -0.15) is 0 Å². The summed E-state index contributed by atoms with van der Waals surface area (Å²) < 4.78 is 10.0. The Morgan fingerprint density at radius 2 is 2.11 bits per heavy atom. The molecule has 0 fully saturated rings. The first kappa shape index (κ1) is 15.5. The van der Waals surface area contributed by atoms with Crippen LogP contribution in [0.1, 0.15) is 0 Å². The van der Waals surface area contributed by atoms with E-state index in [1.807, 2.05) is 0 Å². The van der Waals surface area contributed by atoms with E-state index in [1.54, 1.807) is 25.3 Å². The Labute approximate surface area is 117 Å². The molecule has 18 heavy (non-hydrogen) atoms. The van der Waals surface area contributed by atoms with Crippen LogP contribution in [-0.4, -0.2) is 44.7 Å². The molecule has 0 aliphatic heterocycles. The zero-order chi connectivity index (χ0) is 13.4. The number of nitrogens with one attached hydrogen (secondary N) is 1. The van der Waals surface area contributed by atoms with Gasteiger partial charge in [-0.05, 0) is 18.2 Å². The Hall–Kier alpha value is -0.520. The number of aliphatic hydroxyl groups is 1. The van der Waals surface area contributed by atoms with Gasteiger partial charge in [-0.3, -0.25) is 0 Å². The van der Waals surface area contributed by atoms with Crippen molar-refractivity contribution in [2.75, 3.05) is 38.8 Å². The molecule has 0 spiro atoms. The number of rotatable bonds is 8. The third kappa shape index (κ3) is 5.89. The number of hydrogen-bond acceptors (Lipinski definition) is 4. The molecule has 6 heteroatoms. The highest BCUT2D eigenvalue weighted by molar-refractivity contribution is 6.36. The molecule has 0 radical (unpaired) electrons. The van der Waals surface area contributed by atoms with Crippen LogP contribution in [0.5, 0.6) is 0 Å². The van der Waals surface area contributed by atoms with Crippen LogP contribution in [0.3, 0.4) is 0 Å². The number of ether oxygens (including phenoxy) is 2. The first-order valence-electron chi connectivity index (χ1n) is 5.57. The molecule has 0 amide bonds. The maximum Gasteiger partial charge on any atom is 0.0945 e. The number of anilines is 1. The van der Waals surface area contributed by atoms with Crippen molar-refractivity contribution >= 4 is 28.9 Å². The van der Waals surface area contributed by atoms with E-state index in [0.29, 0.717) is 29.8 Å². The minimum absolute atomic E-state index is 0.252. The Bertz CT molecular complexity index is 363. The van der Waals surface area contributed by atoms with Gasteiger partial charge in [0.1, 0.15) is 0 Å². The monoisotopic (exact) mass is 293 g/mol. The van der Waals surface area contributed by atoms with Crippen molar-refractivity contribution < 1.29 is 14.6 Å². The SMILES string of the molecule is COCCOCC(O)CNc1ccc(Cl)cc1Cl. The van der Waals surface area contributed by atoms with Crippen molar-refractivity contribution in [3.63, 3.8) is 0 Å². The summed E-state index contributed by atoms with van der Waals surface area (Å²) in [5, 5.41) is 13.8. The molecule has 0 saturated heterocycles. The summed E-state index contributed by atoms with van der Waals surface area (Å²) in [5.74, 6) is 0. The Morgan fingerprint density at radius 1 is 1.33 bits per heavy atom. The van der Waals surface area contributed by atoms with Crippen molar-refractivity contribution in [3.8, 4) is 0 Å². The average molecular weight is 294 g/mol. The molecule has 0 saturated carbocycles. The van der Waals surface area contributed by atoms with Crippen LogP contribution >= 0.6 is 23.2 Å². The molecule has 4 nitrogen and oxygen atoms in total. The van der Waals surface area contributed by atoms with Gasteiger partial charge < -0.3 is 19.9 Å². The molecule has 1 atom stereocenters. The van der Waals surface area contributed by atoms with E-state index in [2.05, 4.69) is 5.32 Å². The van der Waals surface area contributed by atoms with Gasteiger partial charge >= 0.3 is 0 Å². The fourth-order valence-corrected chi connectivity index (χ4v) is 1.76. The summed E-state index contributed by atoms with van der Waals surface area (Å²) in [6.45, 7) is 1.59. The number of methoxy groups -OCH3 is 1. The number of aliphatic hydroxyl groups excluding tert-OH is 1. The first-order chi connectivity index (χ1) is 8.63. The van der Waals surface area contributed by atoms with Crippen molar-refractivity contribution in [1.29, 1.82) is 0 Å². The Morgan fingerprint density at radius 3 is 2.78 bits per heavy atom. The van der Waals surface area contributed by atoms with Crippen molar-refractivity contribution in [1.82, 2.24) is 0 Å². The minimum atomic E-state index is -0.603. The molecule has 0 bridgehead atoms. The summed E-state index contributed by atoms with van der Waals surface area (Å²) in [5.41, 5.74) is 0.733. The van der Waals surface area contributed by atoms with Gasteiger partial charge in [0.15, 0.2) is 0 Å². The second-order valence-corrected chi connectivity index (χ2v) is 4.57. The molecule has 0 aliphatic carbocycles. The highest BCUT2D eigenvalue weighted by atomic mass is 35.5. The quantitative estimate of drug-likeness (QED) is 0.723. The molecule has 1 aromatic carbocycles. The summed E-state index contributed by atoms with van der Waals surface area (Å²) in [4.78, 5) is 0. The van der Waals surface area contributed by atoms with Gasteiger partial charge in [-0.15, -0.1) is 0 Å². The summed E-state index contributed by atoms with van der Waals surface area (Å²) in [6.07, 6.45) is -0.603. The predicted octanol–water partition coefficient (Wildman–Crippen LogP) is 2.43. The topological polar surface area (TPSA) is 50.7 Å². The fourth-order valence-electron chi connectivity index (χ4n) is 1.28. The number of halogens is 2. The second-order valence-electron chi connectivity index (χ2n) is 3.73. The van der Waals surface area contributed by atoms with E-state index < -0.39 is 6.10 Å². The fraction of sp³-hybridized carbons (Fsp3) is 0.500. The molecule has 0 aromatic heterocycles. The van der Waals surface area contributed by atoms with E-state index in [1.165, 1.54) is 0 Å². The largest absolute Gasteiger partial charge is 0.389 e. The molecule has 1 unspecified atom stereocenters. The second kappa shape index (κ2) is 8.56. The van der Waals surface area contributed by atoms with Gasteiger partial charge in [0, 0.05) is 18.7 Å². The third-order valence-electron chi connectivity index (χ3n) is 2.20. The van der Waals surface area contributed by atoms with E-state index in [0.717, 1.165) is 5.69 Å². The molecule has 0 aliphatic rings. The van der Waals surface area contributed by atoms with Crippen LogP contribution < -0.4 is 5.32 Å². The third-order valence-corrected chi connectivity index (χ3v) is 2.75. The lowest BCUT2D eigenvalue weighted by atomic mass is 10.3. The van der Waals surface area contributed by atoms with Gasteiger partial charge in [0.05, 0.1) is 36.6 Å². The highest BCUT2D eigenvalue weighted by Gasteiger charge is 2.06. The molecule has 102 valence electrons. The molecule has 1 aromatic rings. The van der Waals surface area contributed by atoms with Crippen LogP contribution in [0.25, 0.3) is 0 Å². The summed E-state index contributed by atoms with van der Waals surface area (Å²) in [7, 11) is 1.60. The predicted molar refractivity (Wildman–Crippen MR) is 73.7 cm³/mol. The normalized spacial score (nSPS) is 12.4. The summed E-state index contributed by atoms with van der Waals surface area (Å²) in [6, 6.07) is 5.15. The van der Waals surface area contributed by atoms with Crippen molar-refractivity contribution in [2.45, 2.75) is 6.10 Å². The van der Waals surface area contributed by atoms with Crippen LogP contribution in [-0.2, 0) is 9.47 Å². The molecular weight excluding hydrogens is 277 g/mol. The zero-order valence-electron chi connectivity index (χ0n) is 10.2. The van der Waals surface area contributed by atoms with Crippen molar-refractivity contribution in [3.05, 3.63) is 28.2 Å².